The quantitative estimate of drug-likeness (QED) is 0.847. The van der Waals surface area contributed by atoms with Crippen molar-refractivity contribution in [3.63, 3.8) is 0 Å². The summed E-state index contributed by atoms with van der Waals surface area (Å²) >= 11 is 6.46. The molecule has 0 saturated carbocycles. The molecule has 0 atom stereocenters. The van der Waals surface area contributed by atoms with E-state index < -0.39 is 0 Å². The highest BCUT2D eigenvalue weighted by Crippen LogP contribution is 2.18. The Morgan fingerprint density at radius 2 is 1.95 bits per heavy atom. The minimum Gasteiger partial charge on any atom is -0.372 e. The zero-order valence-corrected chi connectivity index (χ0v) is 13.0. The number of carbonyl (C=O) groups excluding carboxylic acids is 1. The van der Waals surface area contributed by atoms with Gasteiger partial charge in [-0.1, -0.05) is 0 Å². The van der Waals surface area contributed by atoms with Crippen LogP contribution < -0.4 is 10.6 Å². The molecule has 2 N–H and O–H groups in total. The highest BCUT2D eigenvalue weighted by atomic mass is 79.9. The van der Waals surface area contributed by atoms with E-state index >= 15 is 0 Å². The molecule has 0 aromatic carbocycles. The minimum absolute atomic E-state index is 0.310. The molecule has 1 amide bonds. The summed E-state index contributed by atoms with van der Waals surface area (Å²) in [5.41, 5.74) is 0.418. The Hall–Kier alpha value is -1.54. The van der Waals surface area contributed by atoms with Gasteiger partial charge in [0.1, 0.15) is 10.4 Å². The van der Waals surface area contributed by atoms with Gasteiger partial charge in [0.05, 0.1) is 18.0 Å². The summed E-state index contributed by atoms with van der Waals surface area (Å²) < 4.78 is 1.32. The van der Waals surface area contributed by atoms with Crippen molar-refractivity contribution >= 4 is 49.4 Å². The third kappa shape index (κ3) is 3.48. The van der Waals surface area contributed by atoms with Crippen molar-refractivity contribution in [1.29, 1.82) is 0 Å². The first-order valence-electron chi connectivity index (χ1n) is 5.22. The van der Waals surface area contributed by atoms with Crippen molar-refractivity contribution in [2.24, 2.45) is 0 Å². The maximum atomic E-state index is 12.1. The topological polar surface area (TPSA) is 79.8 Å². The lowest BCUT2D eigenvalue weighted by Crippen LogP contribution is -2.15. The molecule has 2 aromatic heterocycles. The molecule has 98 valence electrons. The molecular weight excluding hydrogens is 378 g/mol. The van der Waals surface area contributed by atoms with Crippen molar-refractivity contribution in [2.75, 3.05) is 17.7 Å². The smallest absolute Gasteiger partial charge is 0.260 e. The van der Waals surface area contributed by atoms with Gasteiger partial charge in [-0.3, -0.25) is 4.79 Å². The Kier molecular flexibility index (Phi) is 4.43. The fraction of sp³-hybridized carbons (Fsp3) is 0.0909. The Morgan fingerprint density at radius 1 is 1.16 bits per heavy atom. The molecule has 0 aliphatic heterocycles. The van der Waals surface area contributed by atoms with Crippen molar-refractivity contribution in [2.45, 2.75) is 0 Å². The SMILES string of the molecule is CNc1ncc(Br)cc1C(=O)Nc1cnc(Br)cn1. The van der Waals surface area contributed by atoms with E-state index in [1.807, 2.05) is 0 Å². The number of rotatable bonds is 3. The number of hydrogen-bond donors (Lipinski definition) is 2. The summed E-state index contributed by atoms with van der Waals surface area (Å²) in [6.07, 6.45) is 4.59. The number of anilines is 2. The van der Waals surface area contributed by atoms with E-state index in [-0.39, 0.29) is 5.91 Å². The van der Waals surface area contributed by atoms with Crippen molar-refractivity contribution in [1.82, 2.24) is 15.0 Å². The van der Waals surface area contributed by atoms with Crippen molar-refractivity contribution in [3.05, 3.63) is 39.3 Å². The third-order valence-corrected chi connectivity index (χ3v) is 3.04. The van der Waals surface area contributed by atoms with Crippen LogP contribution in [0.5, 0.6) is 0 Å². The first-order valence-corrected chi connectivity index (χ1v) is 6.81. The van der Waals surface area contributed by atoms with Crippen molar-refractivity contribution in [3.8, 4) is 0 Å². The van der Waals surface area contributed by atoms with Crippen LogP contribution in [-0.4, -0.2) is 27.9 Å². The average Bonchev–Trinajstić information content (AvgIpc) is 2.41. The van der Waals surface area contributed by atoms with Crippen LogP contribution in [0.2, 0.25) is 0 Å². The van der Waals surface area contributed by atoms with Gasteiger partial charge in [-0.2, -0.15) is 0 Å². The van der Waals surface area contributed by atoms with Gasteiger partial charge >= 0.3 is 0 Å². The number of nitrogens with zero attached hydrogens (tertiary/aromatic N) is 3. The van der Waals surface area contributed by atoms with Crippen LogP contribution in [0.25, 0.3) is 0 Å². The molecule has 8 heteroatoms. The van der Waals surface area contributed by atoms with E-state index in [4.69, 9.17) is 0 Å². The van der Waals surface area contributed by atoms with Gasteiger partial charge in [-0.25, -0.2) is 15.0 Å². The largest absolute Gasteiger partial charge is 0.372 e. The van der Waals surface area contributed by atoms with Crippen LogP contribution in [0.1, 0.15) is 10.4 Å². The molecule has 0 saturated heterocycles. The van der Waals surface area contributed by atoms with Gasteiger partial charge in [0, 0.05) is 17.7 Å². The van der Waals surface area contributed by atoms with Crippen LogP contribution in [0.15, 0.2) is 33.7 Å². The van der Waals surface area contributed by atoms with E-state index in [0.717, 1.165) is 4.47 Å². The number of carbonyl (C=O) groups is 1. The summed E-state index contributed by atoms with van der Waals surface area (Å²) in [5.74, 6) is 0.552. The number of hydrogen-bond acceptors (Lipinski definition) is 5. The number of aromatic nitrogens is 3. The Morgan fingerprint density at radius 3 is 2.58 bits per heavy atom. The van der Waals surface area contributed by atoms with Crippen LogP contribution in [0.4, 0.5) is 11.6 Å². The predicted octanol–water partition coefficient (Wildman–Crippen LogP) is 2.69. The number of pyridine rings is 1. The predicted molar refractivity (Wildman–Crippen MR) is 79.2 cm³/mol. The first kappa shape index (κ1) is 13.9. The summed E-state index contributed by atoms with van der Waals surface area (Å²) in [6, 6.07) is 1.68. The molecule has 0 bridgehead atoms. The zero-order chi connectivity index (χ0) is 13.8. The Bertz CT molecular complexity index is 603. The molecule has 0 spiro atoms. The van der Waals surface area contributed by atoms with E-state index in [1.54, 1.807) is 19.3 Å². The molecule has 0 fully saturated rings. The Balaban J connectivity index is 2.24. The molecule has 0 radical (unpaired) electrons. The van der Waals surface area contributed by atoms with Gasteiger partial charge in [0.25, 0.3) is 5.91 Å². The number of amides is 1. The molecule has 2 heterocycles. The molecule has 2 aromatic rings. The molecular formula is C11H9Br2N5O. The monoisotopic (exact) mass is 385 g/mol. The van der Waals surface area contributed by atoms with Crippen molar-refractivity contribution < 1.29 is 4.79 Å². The molecule has 2 rings (SSSR count). The minimum atomic E-state index is -0.310. The average molecular weight is 387 g/mol. The van der Waals surface area contributed by atoms with Gasteiger partial charge in [0.2, 0.25) is 0 Å². The van der Waals surface area contributed by atoms with Gasteiger partial charge in [-0.15, -0.1) is 0 Å². The highest BCUT2D eigenvalue weighted by Gasteiger charge is 2.13. The molecule has 0 aliphatic rings. The Labute approximate surface area is 126 Å². The normalized spacial score (nSPS) is 10.1. The number of nitrogens with one attached hydrogen (secondary N) is 2. The highest BCUT2D eigenvalue weighted by molar-refractivity contribution is 9.10. The van der Waals surface area contributed by atoms with E-state index in [9.17, 15) is 4.79 Å². The second kappa shape index (κ2) is 6.07. The standard InChI is InChI=1S/C11H9Br2N5O/c1-14-10-7(2-6(12)3-17-10)11(19)18-9-5-15-8(13)4-16-9/h2-5H,1H3,(H,14,17)(H,16,18,19). The van der Waals surface area contributed by atoms with Crippen LogP contribution >= 0.6 is 31.9 Å². The second-order valence-electron chi connectivity index (χ2n) is 3.48. The maximum absolute atomic E-state index is 12.1. The fourth-order valence-electron chi connectivity index (χ4n) is 1.37. The lowest BCUT2D eigenvalue weighted by atomic mass is 10.2. The van der Waals surface area contributed by atoms with E-state index in [0.29, 0.717) is 21.8 Å². The molecule has 0 unspecified atom stereocenters. The molecule has 0 aliphatic carbocycles. The zero-order valence-electron chi connectivity index (χ0n) is 9.82. The van der Waals surface area contributed by atoms with Gasteiger partial charge < -0.3 is 10.6 Å². The third-order valence-electron chi connectivity index (χ3n) is 2.20. The van der Waals surface area contributed by atoms with E-state index in [2.05, 4.69) is 57.4 Å². The summed E-state index contributed by atoms with van der Waals surface area (Å²) in [5, 5.41) is 5.52. The summed E-state index contributed by atoms with van der Waals surface area (Å²) in [6.45, 7) is 0. The second-order valence-corrected chi connectivity index (χ2v) is 5.21. The molecule has 19 heavy (non-hydrogen) atoms. The van der Waals surface area contributed by atoms with Gasteiger partial charge in [-0.05, 0) is 37.9 Å². The maximum Gasteiger partial charge on any atom is 0.260 e. The summed E-state index contributed by atoms with van der Waals surface area (Å²) in [4.78, 5) is 24.3. The van der Waals surface area contributed by atoms with Crippen LogP contribution in [0.3, 0.4) is 0 Å². The lowest BCUT2D eigenvalue weighted by molar-refractivity contribution is 0.102. The van der Waals surface area contributed by atoms with Crippen LogP contribution in [0, 0.1) is 0 Å². The lowest BCUT2D eigenvalue weighted by Gasteiger charge is -2.08. The summed E-state index contributed by atoms with van der Waals surface area (Å²) in [7, 11) is 1.70. The van der Waals surface area contributed by atoms with E-state index in [1.165, 1.54) is 12.4 Å². The first-order chi connectivity index (χ1) is 9.10. The fourth-order valence-corrected chi connectivity index (χ4v) is 1.91. The number of halogens is 2. The van der Waals surface area contributed by atoms with Crippen LogP contribution in [-0.2, 0) is 0 Å². The molecule has 6 nitrogen and oxygen atoms in total. The van der Waals surface area contributed by atoms with Gasteiger partial charge in [0.15, 0.2) is 5.82 Å².